The molecule has 0 unspecified atom stereocenters. The zero-order valence-electron chi connectivity index (χ0n) is 10.1. The van der Waals surface area contributed by atoms with Gasteiger partial charge in [0.15, 0.2) is 0 Å². The zero-order chi connectivity index (χ0) is 10.6. The average molecular weight is 214 g/mol. The van der Waals surface area contributed by atoms with Gasteiger partial charge >= 0.3 is 0 Å². The molecule has 0 rings (SSSR count). The van der Waals surface area contributed by atoms with Crippen LogP contribution in [0.2, 0.25) is 0 Å². The summed E-state index contributed by atoms with van der Waals surface area (Å²) < 4.78 is 0. The van der Waals surface area contributed by atoms with Crippen molar-refractivity contribution in [2.75, 3.05) is 19.8 Å². The summed E-state index contributed by atoms with van der Waals surface area (Å²) in [5.74, 6) is 0. The average Bonchev–Trinajstić information content (AvgIpc) is 2.22. The molecule has 0 heterocycles. The second-order valence-corrected chi connectivity index (χ2v) is 4.91. The number of nitrogens with zero attached hydrogens (tertiary/aromatic N) is 1. The molecule has 0 saturated heterocycles. The second-order valence-electron chi connectivity index (χ2n) is 3.53. The van der Waals surface area contributed by atoms with Gasteiger partial charge in [-0.05, 0) is 19.5 Å². The number of allylic oxidation sites excluding steroid dienone is 1. The van der Waals surface area contributed by atoms with Crippen LogP contribution in [0.1, 0.15) is 40.0 Å². The van der Waals surface area contributed by atoms with E-state index in [0.29, 0.717) is 0 Å². The van der Waals surface area contributed by atoms with Crippen LogP contribution in [0.5, 0.6) is 0 Å². The van der Waals surface area contributed by atoms with E-state index in [-0.39, 0.29) is 9.68 Å². The van der Waals surface area contributed by atoms with Gasteiger partial charge in [0, 0.05) is 6.67 Å². The van der Waals surface area contributed by atoms with Crippen LogP contribution in [0.25, 0.3) is 0 Å². The first-order valence-corrected chi connectivity index (χ1v) is 7.45. The van der Waals surface area contributed by atoms with Crippen molar-refractivity contribution < 1.29 is 0 Å². The van der Waals surface area contributed by atoms with Crippen LogP contribution >= 0.6 is 0 Å². The predicted molar refractivity (Wildman–Crippen MR) is 68.1 cm³/mol. The van der Waals surface area contributed by atoms with E-state index in [9.17, 15) is 0 Å². The molecule has 0 aliphatic heterocycles. The third-order valence-electron chi connectivity index (χ3n) is 2.38. The molecule has 0 aromatic heterocycles. The topological polar surface area (TPSA) is 15.3 Å². The number of rotatable bonds is 9. The van der Waals surface area contributed by atoms with E-state index in [0.717, 1.165) is 19.8 Å². The van der Waals surface area contributed by atoms with Crippen molar-refractivity contribution in [3.63, 3.8) is 0 Å². The van der Waals surface area contributed by atoms with Crippen LogP contribution in [0.15, 0.2) is 11.8 Å². The van der Waals surface area contributed by atoms with E-state index in [1.165, 1.54) is 19.3 Å². The van der Waals surface area contributed by atoms with Gasteiger partial charge < -0.3 is 4.98 Å². The van der Waals surface area contributed by atoms with Crippen LogP contribution in [0.4, 0.5) is 0 Å². The third kappa shape index (κ3) is 8.47. The molecule has 14 heavy (non-hydrogen) atoms. The molecule has 84 valence electrons. The molecular weight excluding hydrogens is 188 g/mol. The molecular formula is C11H26N2Si. The molecule has 0 amide bonds. The minimum Gasteiger partial charge on any atom is -0.327 e. The predicted octanol–water partition coefficient (Wildman–Crippen LogP) is 1.66. The Morgan fingerprint density at radius 2 is 1.93 bits per heavy atom. The van der Waals surface area contributed by atoms with Gasteiger partial charge in [-0.25, -0.2) is 0 Å². The van der Waals surface area contributed by atoms with Gasteiger partial charge in [-0.3, -0.25) is 4.90 Å². The largest absolute Gasteiger partial charge is 0.327 e. The Balaban J connectivity index is 3.23. The summed E-state index contributed by atoms with van der Waals surface area (Å²) in [5, 5.41) is 0. The number of unbranched alkanes of at least 4 members (excludes halogenated alkanes) is 2. The molecule has 0 aliphatic rings. The highest BCUT2D eigenvalue weighted by Gasteiger charge is 1.94. The smallest absolute Gasteiger partial charge is 0.117 e. The SMILES string of the molecule is CCCCC=C[SiH2]NCN(CC)CC. The first-order chi connectivity index (χ1) is 6.85. The Hall–Kier alpha value is -0.123. The van der Waals surface area contributed by atoms with E-state index in [4.69, 9.17) is 0 Å². The van der Waals surface area contributed by atoms with Gasteiger partial charge in [0.2, 0.25) is 0 Å². The minimum absolute atomic E-state index is 0.150. The fraction of sp³-hybridized carbons (Fsp3) is 0.818. The number of nitrogens with one attached hydrogen (secondary N) is 1. The van der Waals surface area contributed by atoms with Crippen LogP contribution in [0, 0.1) is 0 Å². The highest BCUT2D eigenvalue weighted by Crippen LogP contribution is 1.93. The van der Waals surface area contributed by atoms with Crippen molar-refractivity contribution in [3.8, 4) is 0 Å². The first-order valence-electron chi connectivity index (χ1n) is 5.93. The van der Waals surface area contributed by atoms with Gasteiger partial charge in [0.05, 0.1) is 0 Å². The number of hydrogen-bond acceptors (Lipinski definition) is 2. The normalized spacial score (nSPS) is 12.6. The second kappa shape index (κ2) is 11.0. The lowest BCUT2D eigenvalue weighted by Gasteiger charge is -2.17. The molecule has 3 heteroatoms. The molecule has 0 aromatic carbocycles. The standard InChI is InChI=1S/C11H26N2Si/c1-4-7-8-9-10-14-12-11-13(5-2)6-3/h9-10,12H,4-8,11,14H2,1-3H3. The van der Waals surface area contributed by atoms with Crippen LogP contribution in [-0.4, -0.2) is 34.3 Å². The molecule has 0 saturated carbocycles. The minimum atomic E-state index is -0.150. The van der Waals surface area contributed by atoms with E-state index in [2.05, 4.69) is 42.4 Å². The van der Waals surface area contributed by atoms with Crippen molar-refractivity contribution in [1.29, 1.82) is 0 Å². The lowest BCUT2D eigenvalue weighted by atomic mass is 10.2. The Morgan fingerprint density at radius 1 is 1.21 bits per heavy atom. The molecule has 0 spiro atoms. The Bertz CT molecular complexity index is 133. The summed E-state index contributed by atoms with van der Waals surface area (Å²) in [7, 11) is -0.150. The van der Waals surface area contributed by atoms with Crippen LogP contribution in [-0.2, 0) is 0 Å². The van der Waals surface area contributed by atoms with Gasteiger partial charge in [0.25, 0.3) is 0 Å². The maximum Gasteiger partial charge on any atom is 0.117 e. The highest BCUT2D eigenvalue weighted by molar-refractivity contribution is 6.38. The van der Waals surface area contributed by atoms with Crippen LogP contribution in [0.3, 0.4) is 0 Å². The summed E-state index contributed by atoms with van der Waals surface area (Å²) in [4.78, 5) is 5.95. The summed E-state index contributed by atoms with van der Waals surface area (Å²) in [5.41, 5.74) is 2.37. The van der Waals surface area contributed by atoms with Crippen molar-refractivity contribution in [2.24, 2.45) is 0 Å². The lowest BCUT2D eigenvalue weighted by Crippen LogP contribution is -2.35. The highest BCUT2D eigenvalue weighted by atomic mass is 28.2. The molecule has 2 nitrogen and oxygen atoms in total. The fourth-order valence-corrected chi connectivity index (χ4v) is 2.29. The van der Waals surface area contributed by atoms with E-state index in [1.54, 1.807) is 0 Å². The molecule has 0 aliphatic carbocycles. The van der Waals surface area contributed by atoms with Gasteiger partial charge in [0.1, 0.15) is 9.68 Å². The third-order valence-corrected chi connectivity index (χ3v) is 3.46. The first kappa shape index (κ1) is 13.9. The molecule has 0 atom stereocenters. The van der Waals surface area contributed by atoms with Gasteiger partial charge in [-0.15, -0.1) is 0 Å². The van der Waals surface area contributed by atoms with E-state index >= 15 is 0 Å². The Kier molecular flexibility index (Phi) is 10.9. The molecule has 0 radical (unpaired) electrons. The monoisotopic (exact) mass is 214 g/mol. The quantitative estimate of drug-likeness (QED) is 0.357. The molecule has 1 N–H and O–H groups in total. The Morgan fingerprint density at radius 3 is 2.50 bits per heavy atom. The summed E-state index contributed by atoms with van der Waals surface area (Å²) >= 11 is 0. The maximum atomic E-state index is 3.54. The summed E-state index contributed by atoms with van der Waals surface area (Å²) in [6.45, 7) is 10.0. The van der Waals surface area contributed by atoms with Gasteiger partial charge in [-0.1, -0.05) is 45.4 Å². The van der Waals surface area contributed by atoms with E-state index < -0.39 is 0 Å². The Labute approximate surface area is 91.7 Å². The summed E-state index contributed by atoms with van der Waals surface area (Å²) in [6, 6.07) is 0. The fourth-order valence-electron chi connectivity index (χ4n) is 1.28. The molecule has 0 bridgehead atoms. The van der Waals surface area contributed by atoms with Crippen LogP contribution < -0.4 is 4.98 Å². The molecule has 0 aromatic rings. The molecule has 0 fully saturated rings. The summed E-state index contributed by atoms with van der Waals surface area (Å²) in [6.07, 6.45) is 6.24. The van der Waals surface area contributed by atoms with Crippen molar-refractivity contribution in [2.45, 2.75) is 40.0 Å². The zero-order valence-corrected chi connectivity index (χ0v) is 11.5. The number of hydrogen-bond donors (Lipinski definition) is 1. The van der Waals surface area contributed by atoms with Crippen molar-refractivity contribution >= 4 is 9.68 Å². The lowest BCUT2D eigenvalue weighted by molar-refractivity contribution is 0.301. The van der Waals surface area contributed by atoms with Gasteiger partial charge in [-0.2, -0.15) is 0 Å². The maximum absolute atomic E-state index is 3.54. The van der Waals surface area contributed by atoms with Crippen molar-refractivity contribution in [3.05, 3.63) is 11.8 Å². The van der Waals surface area contributed by atoms with E-state index in [1.807, 2.05) is 0 Å². The van der Waals surface area contributed by atoms with Crippen molar-refractivity contribution in [1.82, 2.24) is 9.88 Å².